The van der Waals surface area contributed by atoms with Crippen LogP contribution in [0.3, 0.4) is 0 Å². The topological polar surface area (TPSA) is 63.4 Å². The number of nitrogens with zero attached hydrogens (tertiary/aromatic N) is 5. The van der Waals surface area contributed by atoms with Crippen LogP contribution in [-0.4, -0.2) is 39.0 Å². The average molecular weight is 245 g/mol. The summed E-state index contributed by atoms with van der Waals surface area (Å²) in [6, 6.07) is 1.99. The van der Waals surface area contributed by atoms with E-state index in [0.29, 0.717) is 5.78 Å². The lowest BCUT2D eigenvalue weighted by Crippen LogP contribution is -2.37. The van der Waals surface area contributed by atoms with Crippen LogP contribution in [0.4, 0.5) is 5.82 Å². The molecule has 6 nitrogen and oxygen atoms in total. The molecule has 1 fully saturated rings. The minimum absolute atomic E-state index is 0.116. The summed E-state index contributed by atoms with van der Waals surface area (Å²) in [5.74, 6) is 1.70. The van der Waals surface area contributed by atoms with Crippen molar-refractivity contribution in [3.05, 3.63) is 18.1 Å². The number of anilines is 1. The van der Waals surface area contributed by atoms with Crippen LogP contribution in [0.25, 0.3) is 5.78 Å². The zero-order chi connectivity index (χ0) is 12.5. The highest BCUT2D eigenvalue weighted by atomic mass is 16.1. The summed E-state index contributed by atoms with van der Waals surface area (Å²) in [4.78, 5) is 21.6. The molecule has 1 atom stereocenters. The molecule has 1 aliphatic rings. The van der Waals surface area contributed by atoms with Crippen molar-refractivity contribution in [3.8, 4) is 0 Å². The van der Waals surface area contributed by atoms with E-state index in [-0.39, 0.29) is 5.92 Å². The monoisotopic (exact) mass is 245 g/mol. The smallest absolute Gasteiger partial charge is 0.254 e. The predicted octanol–water partition coefficient (Wildman–Crippen LogP) is 0.848. The molecule has 2 aromatic heterocycles. The molecule has 2 aromatic rings. The van der Waals surface area contributed by atoms with Gasteiger partial charge in [-0.1, -0.05) is 0 Å². The first-order valence-corrected chi connectivity index (χ1v) is 6.15. The summed E-state index contributed by atoms with van der Waals surface area (Å²) in [6.07, 6.45) is 4.57. The summed E-state index contributed by atoms with van der Waals surface area (Å²) in [7, 11) is 0. The van der Waals surface area contributed by atoms with Gasteiger partial charge >= 0.3 is 0 Å². The number of carbonyl (C=O) groups is 1. The molecule has 0 amide bonds. The molecular weight excluding hydrogens is 230 g/mol. The SMILES string of the molecule is Cc1cc(N2CCCC(C=O)C2)n2ncnc2n1. The summed E-state index contributed by atoms with van der Waals surface area (Å²) in [5, 5.41) is 4.20. The Morgan fingerprint density at radius 1 is 1.50 bits per heavy atom. The Hall–Kier alpha value is -1.98. The van der Waals surface area contributed by atoms with Gasteiger partial charge in [0.05, 0.1) is 0 Å². The molecule has 1 saturated heterocycles. The number of rotatable bonds is 2. The van der Waals surface area contributed by atoms with Gasteiger partial charge in [-0.2, -0.15) is 14.6 Å². The van der Waals surface area contributed by atoms with Gasteiger partial charge in [-0.15, -0.1) is 0 Å². The number of aldehydes is 1. The van der Waals surface area contributed by atoms with Crippen LogP contribution in [0.15, 0.2) is 12.4 Å². The van der Waals surface area contributed by atoms with E-state index in [1.54, 1.807) is 4.52 Å². The van der Waals surface area contributed by atoms with Gasteiger partial charge in [0.25, 0.3) is 5.78 Å². The summed E-state index contributed by atoms with van der Waals surface area (Å²) < 4.78 is 1.74. The third-order valence-electron chi connectivity index (χ3n) is 3.34. The highest BCUT2D eigenvalue weighted by molar-refractivity contribution is 5.57. The van der Waals surface area contributed by atoms with Crippen molar-refractivity contribution < 1.29 is 4.79 Å². The number of piperidine rings is 1. The number of aromatic nitrogens is 4. The maximum absolute atomic E-state index is 10.9. The summed E-state index contributed by atoms with van der Waals surface area (Å²) in [6.45, 7) is 3.64. The van der Waals surface area contributed by atoms with Gasteiger partial charge in [0.1, 0.15) is 18.4 Å². The van der Waals surface area contributed by atoms with Crippen molar-refractivity contribution in [3.63, 3.8) is 0 Å². The van der Waals surface area contributed by atoms with Crippen LogP contribution in [-0.2, 0) is 4.79 Å². The maximum atomic E-state index is 10.9. The van der Waals surface area contributed by atoms with E-state index < -0.39 is 0 Å². The molecule has 0 bridgehead atoms. The van der Waals surface area contributed by atoms with Gasteiger partial charge in [-0.3, -0.25) is 0 Å². The number of fused-ring (bicyclic) bond motifs is 1. The van der Waals surface area contributed by atoms with Crippen molar-refractivity contribution in [2.75, 3.05) is 18.0 Å². The number of aryl methyl sites for hydroxylation is 1. The molecule has 3 rings (SSSR count). The van der Waals surface area contributed by atoms with Crippen molar-refractivity contribution in [2.24, 2.45) is 5.92 Å². The predicted molar refractivity (Wildman–Crippen MR) is 66.5 cm³/mol. The fourth-order valence-corrected chi connectivity index (χ4v) is 2.47. The Labute approximate surface area is 105 Å². The molecule has 1 aliphatic heterocycles. The van der Waals surface area contributed by atoms with E-state index in [4.69, 9.17) is 0 Å². The minimum atomic E-state index is 0.116. The van der Waals surface area contributed by atoms with Crippen molar-refractivity contribution in [1.29, 1.82) is 0 Å². The molecule has 3 heterocycles. The lowest BCUT2D eigenvalue weighted by Gasteiger charge is -2.31. The number of carbonyl (C=O) groups excluding carboxylic acids is 1. The largest absolute Gasteiger partial charge is 0.356 e. The van der Waals surface area contributed by atoms with Gasteiger partial charge in [0.2, 0.25) is 0 Å². The van der Waals surface area contributed by atoms with Crippen LogP contribution >= 0.6 is 0 Å². The fraction of sp³-hybridized carbons (Fsp3) is 0.500. The number of hydrogen-bond acceptors (Lipinski definition) is 5. The lowest BCUT2D eigenvalue weighted by molar-refractivity contribution is -0.111. The van der Waals surface area contributed by atoms with Gasteiger partial charge < -0.3 is 9.69 Å². The molecule has 0 saturated carbocycles. The first-order valence-electron chi connectivity index (χ1n) is 6.15. The normalized spacial score (nSPS) is 20.3. The highest BCUT2D eigenvalue weighted by Crippen LogP contribution is 2.22. The zero-order valence-electron chi connectivity index (χ0n) is 10.3. The van der Waals surface area contributed by atoms with Crippen LogP contribution in [0.1, 0.15) is 18.5 Å². The molecular formula is C12H15N5O. The first kappa shape index (κ1) is 11.1. The van der Waals surface area contributed by atoms with Crippen LogP contribution in [0.5, 0.6) is 0 Å². The van der Waals surface area contributed by atoms with E-state index in [1.807, 2.05) is 13.0 Å². The Balaban J connectivity index is 2.02. The molecule has 18 heavy (non-hydrogen) atoms. The zero-order valence-corrected chi connectivity index (χ0v) is 10.3. The van der Waals surface area contributed by atoms with Gasteiger partial charge in [-0.05, 0) is 19.8 Å². The van der Waals surface area contributed by atoms with E-state index in [9.17, 15) is 4.79 Å². The second-order valence-corrected chi connectivity index (χ2v) is 4.71. The molecule has 0 spiro atoms. The summed E-state index contributed by atoms with van der Waals surface area (Å²) >= 11 is 0. The summed E-state index contributed by atoms with van der Waals surface area (Å²) in [5.41, 5.74) is 0.915. The Kier molecular flexibility index (Phi) is 2.70. The lowest BCUT2D eigenvalue weighted by atomic mass is 10.00. The maximum Gasteiger partial charge on any atom is 0.254 e. The second-order valence-electron chi connectivity index (χ2n) is 4.71. The van der Waals surface area contributed by atoms with Crippen LogP contribution < -0.4 is 4.90 Å². The average Bonchev–Trinajstić information content (AvgIpc) is 2.85. The van der Waals surface area contributed by atoms with Gasteiger partial charge in [-0.25, -0.2) is 4.98 Å². The van der Waals surface area contributed by atoms with Gasteiger partial charge in [0.15, 0.2) is 0 Å². The third-order valence-corrected chi connectivity index (χ3v) is 3.34. The van der Waals surface area contributed by atoms with Crippen molar-refractivity contribution in [1.82, 2.24) is 19.6 Å². The quantitative estimate of drug-likeness (QED) is 0.734. The van der Waals surface area contributed by atoms with E-state index in [2.05, 4.69) is 20.0 Å². The van der Waals surface area contributed by atoms with Crippen LogP contribution in [0.2, 0.25) is 0 Å². The third kappa shape index (κ3) is 1.83. The Morgan fingerprint density at radius 3 is 3.22 bits per heavy atom. The molecule has 6 heteroatoms. The number of hydrogen-bond donors (Lipinski definition) is 0. The molecule has 1 unspecified atom stereocenters. The standard InChI is InChI=1S/C12H15N5O/c1-9-5-11(17-12(15-9)13-8-14-17)16-4-2-3-10(6-16)7-18/h5,7-8,10H,2-4,6H2,1H3. The van der Waals surface area contributed by atoms with E-state index in [0.717, 1.165) is 43.7 Å². The van der Waals surface area contributed by atoms with E-state index >= 15 is 0 Å². The molecule has 94 valence electrons. The molecule has 0 aliphatic carbocycles. The van der Waals surface area contributed by atoms with E-state index in [1.165, 1.54) is 6.33 Å². The highest BCUT2D eigenvalue weighted by Gasteiger charge is 2.22. The minimum Gasteiger partial charge on any atom is -0.356 e. The van der Waals surface area contributed by atoms with Crippen molar-refractivity contribution >= 4 is 17.9 Å². The fourth-order valence-electron chi connectivity index (χ4n) is 2.47. The van der Waals surface area contributed by atoms with Crippen LogP contribution in [0, 0.1) is 12.8 Å². The second kappa shape index (κ2) is 4.36. The first-order chi connectivity index (χ1) is 8.78. The molecule has 0 radical (unpaired) electrons. The Morgan fingerprint density at radius 2 is 2.39 bits per heavy atom. The molecule has 0 N–H and O–H groups in total. The Bertz CT molecular complexity index is 579. The van der Waals surface area contributed by atoms with Gasteiger partial charge in [0, 0.05) is 30.8 Å². The van der Waals surface area contributed by atoms with Crippen molar-refractivity contribution in [2.45, 2.75) is 19.8 Å². The molecule has 0 aromatic carbocycles.